The van der Waals surface area contributed by atoms with Gasteiger partial charge in [0, 0.05) is 6.54 Å². The number of aliphatic carboxylic acids is 1. The first-order chi connectivity index (χ1) is 18.5. The Labute approximate surface area is 221 Å². The molecule has 0 saturated carbocycles. The molecule has 3 aromatic rings. The van der Waals surface area contributed by atoms with Gasteiger partial charge in [-0.05, 0) is 66.8 Å². The van der Waals surface area contributed by atoms with E-state index in [0.29, 0.717) is 28.1 Å². The summed E-state index contributed by atoms with van der Waals surface area (Å²) in [6.45, 7) is 1.98. The van der Waals surface area contributed by atoms with Crippen LogP contribution in [0, 0.1) is 22.7 Å². The van der Waals surface area contributed by atoms with Gasteiger partial charge in [0.1, 0.15) is 30.0 Å². The number of benzene rings is 2. The molecule has 9 nitrogen and oxygen atoms in total. The fraction of sp³-hybridized carbons (Fsp3) is 0.259. The molecule has 0 bridgehead atoms. The Morgan fingerprint density at radius 2 is 1.87 bits per heavy atom. The van der Waals surface area contributed by atoms with E-state index in [1.165, 1.54) is 0 Å². The molecule has 0 spiro atoms. The lowest BCUT2D eigenvalue weighted by Gasteiger charge is -2.25. The second-order valence-corrected chi connectivity index (χ2v) is 8.56. The lowest BCUT2D eigenvalue weighted by Crippen LogP contribution is -2.29. The average Bonchev–Trinajstić information content (AvgIpc) is 2.92. The lowest BCUT2D eigenvalue weighted by molar-refractivity contribution is -0.192. The van der Waals surface area contributed by atoms with Crippen LogP contribution in [-0.2, 0) is 11.4 Å². The fourth-order valence-corrected chi connectivity index (χ4v) is 4.01. The van der Waals surface area contributed by atoms with Crippen LogP contribution in [0.3, 0.4) is 0 Å². The number of ether oxygens (including phenoxy) is 1. The van der Waals surface area contributed by atoms with Crippen molar-refractivity contribution in [2.45, 2.75) is 31.5 Å². The van der Waals surface area contributed by atoms with Gasteiger partial charge in [0.15, 0.2) is 0 Å². The highest BCUT2D eigenvalue weighted by Crippen LogP contribution is 2.40. The van der Waals surface area contributed by atoms with Gasteiger partial charge in [0.05, 0.1) is 28.5 Å². The predicted octanol–water partition coefficient (Wildman–Crippen LogP) is 4.46. The number of phenolic OH excluding ortho intramolecular Hbond substituents is 1. The van der Waals surface area contributed by atoms with Gasteiger partial charge in [-0.2, -0.15) is 23.7 Å². The molecule has 2 aromatic carbocycles. The van der Waals surface area contributed by atoms with Gasteiger partial charge >= 0.3 is 12.1 Å². The van der Waals surface area contributed by atoms with Crippen molar-refractivity contribution in [1.29, 1.82) is 10.5 Å². The smallest absolute Gasteiger partial charge is 0.490 e. The maximum absolute atomic E-state index is 10.7. The van der Waals surface area contributed by atoms with Crippen molar-refractivity contribution in [1.82, 2.24) is 10.3 Å². The number of nitrogen functional groups attached to an aromatic ring is 1. The third-order valence-corrected chi connectivity index (χ3v) is 5.91. The number of carboxylic acids is 1. The molecule has 12 heteroatoms. The number of anilines is 1. The number of carbonyl (C=O) groups is 1. The second-order valence-electron chi connectivity index (χ2n) is 8.56. The van der Waals surface area contributed by atoms with Gasteiger partial charge in [-0.15, -0.1) is 0 Å². The first kappa shape index (κ1) is 28.8. The number of nitriles is 2. The molecule has 1 atom stereocenters. The quantitative estimate of drug-likeness (QED) is 0.366. The van der Waals surface area contributed by atoms with E-state index >= 15 is 0 Å². The summed E-state index contributed by atoms with van der Waals surface area (Å²) in [6, 6.07) is 18.3. The Balaban J connectivity index is 0.000000532. The summed E-state index contributed by atoms with van der Waals surface area (Å²) in [6.07, 6.45) is -3.12. The number of alkyl halides is 3. The number of nitrogens with two attached hydrogens (primary N) is 1. The summed E-state index contributed by atoms with van der Waals surface area (Å²) in [5.41, 5.74) is 9.76. The van der Waals surface area contributed by atoms with Crippen LogP contribution in [-0.4, -0.2) is 40.4 Å². The highest BCUT2D eigenvalue weighted by atomic mass is 19.4. The highest BCUT2D eigenvalue weighted by molar-refractivity contribution is 5.76. The molecular weight excluding hydrogens is 515 g/mol. The van der Waals surface area contributed by atoms with Crippen molar-refractivity contribution in [3.8, 4) is 34.9 Å². The number of piperidine rings is 1. The molecule has 39 heavy (non-hydrogen) atoms. The minimum absolute atomic E-state index is 0.0201. The van der Waals surface area contributed by atoms with Crippen molar-refractivity contribution < 1.29 is 32.9 Å². The summed E-state index contributed by atoms with van der Waals surface area (Å²) < 4.78 is 37.7. The first-order valence-corrected chi connectivity index (χ1v) is 11.7. The molecule has 202 valence electrons. The minimum atomic E-state index is -5.08. The van der Waals surface area contributed by atoms with Gasteiger partial charge < -0.3 is 26.0 Å². The van der Waals surface area contributed by atoms with Crippen LogP contribution in [0.2, 0.25) is 0 Å². The Hall–Kier alpha value is -4.81. The van der Waals surface area contributed by atoms with E-state index in [9.17, 15) is 23.5 Å². The van der Waals surface area contributed by atoms with Crippen LogP contribution in [0.5, 0.6) is 11.5 Å². The number of pyridine rings is 1. The van der Waals surface area contributed by atoms with E-state index in [1.54, 1.807) is 30.3 Å². The molecule has 1 aromatic heterocycles. The molecule has 1 fully saturated rings. The maximum Gasteiger partial charge on any atom is 0.490 e. The zero-order chi connectivity index (χ0) is 28.6. The van der Waals surface area contributed by atoms with Gasteiger partial charge in [-0.25, -0.2) is 9.78 Å². The maximum atomic E-state index is 10.7. The number of phenols is 1. The molecule has 5 N–H and O–H groups in total. The summed E-state index contributed by atoms with van der Waals surface area (Å²) in [5.74, 6) is -1.99. The Kier molecular flexibility index (Phi) is 9.31. The standard InChI is InChI=1S/C25H23N5O2.C2HF3O2/c26-12-16-6-8-17(9-7-16)15-32-23-5-1-4-22(31)24(23)21-11-19(18-3-2-10-29-14-18)20(13-27)25(28)30-21;3-2(4,5)1(6)7/h1,4-9,11,18,29,31H,2-3,10,14-15H2,(H2,28,30);(H,6,7). The molecular formula is C27H24F3N5O4. The molecule has 0 aliphatic carbocycles. The molecule has 1 aliphatic rings. The molecule has 1 aliphatic heterocycles. The number of carboxylic acid groups (broad SMARTS) is 1. The normalized spacial score (nSPS) is 14.7. The Morgan fingerprint density at radius 3 is 2.44 bits per heavy atom. The first-order valence-electron chi connectivity index (χ1n) is 11.7. The summed E-state index contributed by atoms with van der Waals surface area (Å²) in [5, 5.41) is 39.8. The number of hydrogen-bond donors (Lipinski definition) is 4. The van der Waals surface area contributed by atoms with Crippen LogP contribution in [0.15, 0.2) is 48.5 Å². The summed E-state index contributed by atoms with van der Waals surface area (Å²) in [7, 11) is 0. The summed E-state index contributed by atoms with van der Waals surface area (Å²) >= 11 is 0. The predicted molar refractivity (Wildman–Crippen MR) is 134 cm³/mol. The largest absolute Gasteiger partial charge is 0.507 e. The molecule has 1 unspecified atom stereocenters. The van der Waals surface area contributed by atoms with Crippen LogP contribution in [0.25, 0.3) is 11.3 Å². The van der Waals surface area contributed by atoms with Gasteiger partial charge in [-0.1, -0.05) is 18.2 Å². The third-order valence-electron chi connectivity index (χ3n) is 5.91. The second kappa shape index (κ2) is 12.6. The molecule has 2 heterocycles. The molecule has 4 rings (SSSR count). The SMILES string of the molecule is N#Cc1ccc(COc2cccc(O)c2-c2cc(C3CCCNC3)c(C#N)c(N)n2)cc1.O=C(O)C(F)(F)F. The molecule has 1 saturated heterocycles. The van der Waals surface area contributed by atoms with E-state index in [0.717, 1.165) is 37.1 Å². The molecule has 0 radical (unpaired) electrons. The number of halogens is 3. The fourth-order valence-electron chi connectivity index (χ4n) is 4.01. The van der Waals surface area contributed by atoms with Crippen LogP contribution in [0.1, 0.15) is 41.0 Å². The monoisotopic (exact) mass is 539 g/mol. The number of hydrogen-bond acceptors (Lipinski definition) is 8. The number of nitrogens with zero attached hydrogens (tertiary/aromatic N) is 3. The topological polar surface area (TPSA) is 165 Å². The average molecular weight is 540 g/mol. The Bertz CT molecular complexity index is 1410. The van der Waals surface area contributed by atoms with Gasteiger partial charge in [-0.3, -0.25) is 0 Å². The van der Waals surface area contributed by atoms with Gasteiger partial charge in [0.25, 0.3) is 0 Å². The minimum Gasteiger partial charge on any atom is -0.507 e. The number of aromatic hydroxyl groups is 1. The van der Waals surface area contributed by atoms with Crippen molar-refractivity contribution in [3.63, 3.8) is 0 Å². The van der Waals surface area contributed by atoms with E-state index in [1.807, 2.05) is 18.2 Å². The lowest BCUT2D eigenvalue weighted by atomic mass is 9.88. The third kappa shape index (κ3) is 7.37. The van der Waals surface area contributed by atoms with Crippen molar-refractivity contribution in [2.75, 3.05) is 18.8 Å². The van der Waals surface area contributed by atoms with Crippen LogP contribution >= 0.6 is 0 Å². The highest BCUT2D eigenvalue weighted by Gasteiger charge is 2.38. The van der Waals surface area contributed by atoms with Crippen LogP contribution in [0.4, 0.5) is 19.0 Å². The van der Waals surface area contributed by atoms with E-state index < -0.39 is 12.1 Å². The zero-order valence-electron chi connectivity index (χ0n) is 20.5. The summed E-state index contributed by atoms with van der Waals surface area (Å²) in [4.78, 5) is 13.3. The molecule has 0 amide bonds. The van der Waals surface area contributed by atoms with Crippen LogP contribution < -0.4 is 15.8 Å². The Morgan fingerprint density at radius 1 is 1.18 bits per heavy atom. The number of nitrogens with one attached hydrogen (secondary N) is 1. The van der Waals surface area contributed by atoms with E-state index in [2.05, 4.69) is 22.4 Å². The van der Waals surface area contributed by atoms with E-state index in [4.69, 9.17) is 25.6 Å². The number of aromatic nitrogens is 1. The van der Waals surface area contributed by atoms with Crippen molar-refractivity contribution in [2.24, 2.45) is 0 Å². The van der Waals surface area contributed by atoms with Gasteiger partial charge in [0.2, 0.25) is 0 Å². The zero-order valence-corrected chi connectivity index (χ0v) is 20.5. The van der Waals surface area contributed by atoms with Crippen molar-refractivity contribution in [3.05, 3.63) is 70.8 Å². The van der Waals surface area contributed by atoms with E-state index in [-0.39, 0.29) is 24.1 Å². The number of rotatable bonds is 5. The van der Waals surface area contributed by atoms with Crippen molar-refractivity contribution >= 4 is 11.8 Å².